The molecule has 0 spiro atoms. The molecule has 0 radical (unpaired) electrons. The van der Waals surface area contributed by atoms with Gasteiger partial charge in [0.05, 0.1) is 29.1 Å². The zero-order valence-corrected chi connectivity index (χ0v) is 10.5. The summed E-state index contributed by atoms with van der Waals surface area (Å²) in [5.41, 5.74) is 0.330. The van der Waals surface area contributed by atoms with E-state index in [9.17, 15) is 14.8 Å². The van der Waals surface area contributed by atoms with Gasteiger partial charge in [-0.1, -0.05) is 18.2 Å². The first kappa shape index (κ1) is 12.2. The second kappa shape index (κ2) is 4.34. The normalized spacial score (nSPS) is 10.8. The van der Waals surface area contributed by atoms with E-state index in [0.29, 0.717) is 21.2 Å². The van der Waals surface area contributed by atoms with Gasteiger partial charge in [0.25, 0.3) is 5.56 Å². The average molecular weight is 270 g/mol. The number of esters is 1. The van der Waals surface area contributed by atoms with E-state index in [2.05, 4.69) is 9.72 Å². The lowest BCUT2D eigenvalue weighted by atomic mass is 10.1. The molecule has 100 valence electrons. The molecule has 1 aromatic carbocycles. The zero-order valence-electron chi connectivity index (χ0n) is 10.5. The first-order valence-electron chi connectivity index (χ1n) is 5.84. The number of hydrogen-bond acceptors (Lipinski definition) is 5. The standard InChI is InChI=1S/C14H10N2O4/c1-20-14(18)8-6-10-12(15-7-8)9-4-2-3-5-11(9)16(19)13(10)17/h2-7,19H,1H3. The molecule has 0 fully saturated rings. The maximum Gasteiger partial charge on any atom is 0.339 e. The summed E-state index contributed by atoms with van der Waals surface area (Å²) in [4.78, 5) is 27.8. The van der Waals surface area contributed by atoms with Crippen LogP contribution >= 0.6 is 0 Å². The number of aromatic nitrogens is 2. The molecule has 0 aliphatic heterocycles. The fourth-order valence-corrected chi connectivity index (χ4v) is 2.15. The molecule has 6 heteroatoms. The van der Waals surface area contributed by atoms with E-state index in [4.69, 9.17) is 0 Å². The summed E-state index contributed by atoms with van der Waals surface area (Å²) in [6.07, 6.45) is 1.35. The van der Waals surface area contributed by atoms with Crippen LogP contribution in [0, 0.1) is 0 Å². The van der Waals surface area contributed by atoms with Crippen molar-refractivity contribution in [1.29, 1.82) is 0 Å². The molecule has 1 N–H and O–H groups in total. The van der Waals surface area contributed by atoms with Gasteiger partial charge >= 0.3 is 5.97 Å². The summed E-state index contributed by atoms with van der Waals surface area (Å²) in [7, 11) is 1.25. The molecule has 3 rings (SSSR count). The molecular weight excluding hydrogens is 260 g/mol. The Bertz CT molecular complexity index is 899. The van der Waals surface area contributed by atoms with Gasteiger partial charge in [0.2, 0.25) is 0 Å². The number of methoxy groups -OCH3 is 1. The summed E-state index contributed by atoms with van der Waals surface area (Å²) in [5, 5.41) is 10.7. The van der Waals surface area contributed by atoms with E-state index in [1.165, 1.54) is 19.4 Å². The van der Waals surface area contributed by atoms with Gasteiger partial charge in [-0.05, 0) is 12.1 Å². The molecule has 0 unspecified atom stereocenters. The van der Waals surface area contributed by atoms with Crippen LogP contribution in [0.25, 0.3) is 21.8 Å². The Labute approximate surface area is 112 Å². The summed E-state index contributed by atoms with van der Waals surface area (Å²) in [6, 6.07) is 8.22. The summed E-state index contributed by atoms with van der Waals surface area (Å²) < 4.78 is 5.15. The van der Waals surface area contributed by atoms with Crippen LogP contribution in [0.3, 0.4) is 0 Å². The number of rotatable bonds is 1. The zero-order chi connectivity index (χ0) is 14.3. The molecule has 2 aromatic heterocycles. The van der Waals surface area contributed by atoms with Crippen LogP contribution in [0.4, 0.5) is 0 Å². The van der Waals surface area contributed by atoms with Crippen molar-refractivity contribution in [2.24, 2.45) is 0 Å². The highest BCUT2D eigenvalue weighted by molar-refractivity contribution is 6.04. The predicted molar refractivity (Wildman–Crippen MR) is 72.0 cm³/mol. The molecule has 0 bridgehead atoms. The van der Waals surface area contributed by atoms with E-state index >= 15 is 0 Å². The van der Waals surface area contributed by atoms with Gasteiger partial charge in [0.15, 0.2) is 0 Å². The minimum Gasteiger partial charge on any atom is -0.465 e. The Morgan fingerprint density at radius 1 is 1.30 bits per heavy atom. The van der Waals surface area contributed by atoms with Crippen molar-refractivity contribution in [2.75, 3.05) is 7.11 Å². The lowest BCUT2D eigenvalue weighted by Gasteiger charge is -2.07. The van der Waals surface area contributed by atoms with E-state index in [1.54, 1.807) is 24.3 Å². The highest BCUT2D eigenvalue weighted by Crippen LogP contribution is 2.21. The van der Waals surface area contributed by atoms with Crippen molar-refractivity contribution >= 4 is 27.8 Å². The Morgan fingerprint density at radius 3 is 2.80 bits per heavy atom. The number of para-hydroxylation sites is 1. The van der Waals surface area contributed by atoms with E-state index in [0.717, 1.165) is 0 Å². The largest absolute Gasteiger partial charge is 0.465 e. The van der Waals surface area contributed by atoms with E-state index in [1.807, 2.05) is 0 Å². The third kappa shape index (κ3) is 1.62. The van der Waals surface area contributed by atoms with Gasteiger partial charge in [0, 0.05) is 11.6 Å². The number of benzene rings is 1. The van der Waals surface area contributed by atoms with Crippen LogP contribution in [-0.4, -0.2) is 28.0 Å². The molecule has 20 heavy (non-hydrogen) atoms. The minimum atomic E-state index is -0.628. The Kier molecular flexibility index (Phi) is 2.64. The number of nitrogens with zero attached hydrogens (tertiary/aromatic N) is 2. The fraction of sp³-hybridized carbons (Fsp3) is 0.0714. The smallest absolute Gasteiger partial charge is 0.339 e. The van der Waals surface area contributed by atoms with Crippen LogP contribution in [0.1, 0.15) is 10.4 Å². The summed E-state index contributed by atoms with van der Waals surface area (Å²) in [6.45, 7) is 0. The molecule has 6 nitrogen and oxygen atoms in total. The van der Waals surface area contributed by atoms with Gasteiger partial charge in [-0.3, -0.25) is 9.78 Å². The number of fused-ring (bicyclic) bond motifs is 3. The summed E-state index contributed by atoms with van der Waals surface area (Å²) in [5.74, 6) is -0.587. The van der Waals surface area contributed by atoms with Crippen molar-refractivity contribution in [3.8, 4) is 0 Å². The predicted octanol–water partition coefficient (Wildman–Crippen LogP) is 1.57. The Hall–Kier alpha value is -2.89. The van der Waals surface area contributed by atoms with Crippen LogP contribution in [0.15, 0.2) is 41.3 Å². The molecule has 0 atom stereocenters. The van der Waals surface area contributed by atoms with E-state index in [-0.39, 0.29) is 10.9 Å². The van der Waals surface area contributed by atoms with Crippen LogP contribution < -0.4 is 5.56 Å². The van der Waals surface area contributed by atoms with Gasteiger partial charge < -0.3 is 9.94 Å². The third-order valence-electron chi connectivity index (χ3n) is 3.12. The molecular formula is C14H10N2O4. The highest BCUT2D eigenvalue weighted by Gasteiger charge is 2.14. The number of carbonyl (C=O) groups is 1. The lowest BCUT2D eigenvalue weighted by Crippen LogP contribution is -2.19. The highest BCUT2D eigenvalue weighted by atomic mass is 16.5. The molecule has 0 aliphatic rings. The molecule has 3 aromatic rings. The summed E-state index contributed by atoms with van der Waals surface area (Å²) >= 11 is 0. The van der Waals surface area contributed by atoms with Gasteiger partial charge in [-0.25, -0.2) is 4.79 Å². The number of carbonyl (C=O) groups excluding carboxylic acids is 1. The molecule has 0 saturated carbocycles. The van der Waals surface area contributed by atoms with Gasteiger partial charge in [0.1, 0.15) is 0 Å². The number of hydrogen-bond donors (Lipinski definition) is 1. The van der Waals surface area contributed by atoms with E-state index < -0.39 is 11.5 Å². The maximum atomic E-state index is 12.1. The first-order chi connectivity index (χ1) is 9.63. The van der Waals surface area contributed by atoms with Crippen molar-refractivity contribution in [3.63, 3.8) is 0 Å². The third-order valence-corrected chi connectivity index (χ3v) is 3.12. The first-order valence-corrected chi connectivity index (χ1v) is 5.84. The topological polar surface area (TPSA) is 81.4 Å². The SMILES string of the molecule is COC(=O)c1cnc2c(c1)c(=O)n(O)c1ccccc21. The number of ether oxygens (including phenoxy) is 1. The second-order valence-corrected chi connectivity index (χ2v) is 4.25. The molecule has 0 saturated heterocycles. The fourth-order valence-electron chi connectivity index (χ4n) is 2.15. The monoisotopic (exact) mass is 270 g/mol. The van der Waals surface area contributed by atoms with Crippen molar-refractivity contribution in [1.82, 2.24) is 9.71 Å². The Morgan fingerprint density at radius 2 is 2.05 bits per heavy atom. The minimum absolute atomic E-state index is 0.160. The number of pyridine rings is 2. The second-order valence-electron chi connectivity index (χ2n) is 4.25. The quantitative estimate of drug-likeness (QED) is 0.412. The molecule has 0 aliphatic carbocycles. The Balaban J connectivity index is 2.48. The molecule has 2 heterocycles. The van der Waals surface area contributed by atoms with Crippen molar-refractivity contribution in [2.45, 2.75) is 0 Å². The van der Waals surface area contributed by atoms with Crippen molar-refractivity contribution in [3.05, 3.63) is 52.4 Å². The van der Waals surface area contributed by atoms with Crippen molar-refractivity contribution < 1.29 is 14.7 Å². The van der Waals surface area contributed by atoms with Gasteiger partial charge in [-0.15, -0.1) is 4.73 Å². The van der Waals surface area contributed by atoms with Crippen LogP contribution in [0.2, 0.25) is 0 Å². The van der Waals surface area contributed by atoms with Crippen LogP contribution in [0.5, 0.6) is 0 Å². The maximum absolute atomic E-state index is 12.1. The average Bonchev–Trinajstić information content (AvgIpc) is 2.51. The molecule has 0 amide bonds. The van der Waals surface area contributed by atoms with Gasteiger partial charge in [-0.2, -0.15) is 0 Å². The van der Waals surface area contributed by atoms with Crippen LogP contribution in [-0.2, 0) is 4.74 Å². The lowest BCUT2D eigenvalue weighted by molar-refractivity contribution is 0.0600.